The zero-order valence-electron chi connectivity index (χ0n) is 16.3. The summed E-state index contributed by atoms with van der Waals surface area (Å²) in [6.45, 7) is 1.62. The number of hydrogen-bond acceptors (Lipinski definition) is 3. The first kappa shape index (κ1) is 17.7. The SMILES string of the molecule is O=C(Cc1ccc(NC2COC3(CCC3)C2)cc1)N1CCCc2ccccc21. The molecule has 0 aromatic heterocycles. The zero-order chi connectivity index (χ0) is 19.0. The lowest BCUT2D eigenvalue weighted by molar-refractivity contribution is -0.118. The highest BCUT2D eigenvalue weighted by Crippen LogP contribution is 2.43. The van der Waals surface area contributed by atoms with Crippen molar-refractivity contribution >= 4 is 17.3 Å². The molecule has 1 saturated carbocycles. The first-order valence-corrected chi connectivity index (χ1v) is 10.6. The molecule has 1 aliphatic carbocycles. The van der Waals surface area contributed by atoms with Crippen LogP contribution in [0.1, 0.15) is 43.2 Å². The minimum Gasteiger partial charge on any atom is -0.380 e. The van der Waals surface area contributed by atoms with Gasteiger partial charge in [0.15, 0.2) is 0 Å². The Morgan fingerprint density at radius 2 is 1.93 bits per heavy atom. The number of hydrogen-bond donors (Lipinski definition) is 1. The second-order valence-corrected chi connectivity index (χ2v) is 8.54. The third-order valence-corrected chi connectivity index (χ3v) is 6.57. The molecule has 2 aliphatic heterocycles. The molecule has 3 aliphatic rings. The first-order valence-electron chi connectivity index (χ1n) is 10.6. The number of rotatable bonds is 4. The van der Waals surface area contributed by atoms with E-state index < -0.39 is 0 Å². The van der Waals surface area contributed by atoms with Crippen LogP contribution in [-0.2, 0) is 22.4 Å². The van der Waals surface area contributed by atoms with Crippen molar-refractivity contribution in [2.75, 3.05) is 23.4 Å². The van der Waals surface area contributed by atoms with E-state index in [0.717, 1.165) is 49.4 Å². The Balaban J connectivity index is 1.20. The molecule has 5 rings (SSSR count). The quantitative estimate of drug-likeness (QED) is 0.863. The molecule has 1 N–H and O–H groups in total. The van der Waals surface area contributed by atoms with Gasteiger partial charge in [-0.05, 0) is 67.9 Å². The van der Waals surface area contributed by atoms with Gasteiger partial charge in [-0.25, -0.2) is 0 Å². The number of carbonyl (C=O) groups is 1. The van der Waals surface area contributed by atoms with Gasteiger partial charge in [0.25, 0.3) is 0 Å². The molecule has 1 saturated heterocycles. The van der Waals surface area contributed by atoms with Crippen LogP contribution < -0.4 is 10.2 Å². The normalized spacial score (nSPS) is 22.6. The third kappa shape index (κ3) is 3.42. The Kier molecular flexibility index (Phi) is 4.59. The number of benzene rings is 2. The Labute approximate surface area is 166 Å². The van der Waals surface area contributed by atoms with Crippen molar-refractivity contribution in [3.05, 3.63) is 59.7 Å². The van der Waals surface area contributed by atoms with Crippen molar-refractivity contribution in [2.45, 2.75) is 56.6 Å². The molecule has 0 radical (unpaired) electrons. The summed E-state index contributed by atoms with van der Waals surface area (Å²) in [7, 11) is 0. The summed E-state index contributed by atoms with van der Waals surface area (Å²) in [4.78, 5) is 14.9. The number of carbonyl (C=O) groups excluding carboxylic acids is 1. The number of fused-ring (bicyclic) bond motifs is 1. The molecule has 28 heavy (non-hydrogen) atoms. The number of nitrogens with one attached hydrogen (secondary N) is 1. The largest absolute Gasteiger partial charge is 0.380 e. The number of ether oxygens (including phenoxy) is 1. The number of amides is 1. The monoisotopic (exact) mass is 376 g/mol. The van der Waals surface area contributed by atoms with Gasteiger partial charge in [-0.1, -0.05) is 30.3 Å². The lowest BCUT2D eigenvalue weighted by atomic mass is 9.77. The molecule has 2 heterocycles. The van der Waals surface area contributed by atoms with Crippen LogP contribution in [0.2, 0.25) is 0 Å². The van der Waals surface area contributed by atoms with E-state index in [1.807, 2.05) is 11.0 Å². The van der Waals surface area contributed by atoms with E-state index in [4.69, 9.17) is 4.74 Å². The van der Waals surface area contributed by atoms with E-state index in [1.165, 1.54) is 24.8 Å². The topological polar surface area (TPSA) is 41.6 Å². The molecule has 2 fully saturated rings. The molecule has 1 atom stereocenters. The highest BCUT2D eigenvalue weighted by Gasteiger charge is 2.44. The highest BCUT2D eigenvalue weighted by molar-refractivity contribution is 5.95. The van der Waals surface area contributed by atoms with E-state index in [0.29, 0.717) is 12.5 Å². The average molecular weight is 377 g/mol. The molecule has 146 valence electrons. The maximum Gasteiger partial charge on any atom is 0.231 e. The molecule has 2 aromatic carbocycles. The molecule has 4 heteroatoms. The third-order valence-electron chi connectivity index (χ3n) is 6.57. The summed E-state index contributed by atoms with van der Waals surface area (Å²) in [5.41, 5.74) is 4.73. The van der Waals surface area contributed by atoms with Crippen molar-refractivity contribution in [2.24, 2.45) is 0 Å². The van der Waals surface area contributed by atoms with Crippen molar-refractivity contribution in [1.82, 2.24) is 0 Å². The van der Waals surface area contributed by atoms with E-state index in [1.54, 1.807) is 0 Å². The van der Waals surface area contributed by atoms with Gasteiger partial charge in [0.2, 0.25) is 5.91 Å². The Morgan fingerprint density at radius 3 is 2.68 bits per heavy atom. The van der Waals surface area contributed by atoms with Crippen molar-refractivity contribution in [1.29, 1.82) is 0 Å². The van der Waals surface area contributed by atoms with Crippen LogP contribution >= 0.6 is 0 Å². The summed E-state index contributed by atoms with van der Waals surface area (Å²) in [6.07, 6.45) is 7.39. The maximum absolute atomic E-state index is 12.9. The Bertz CT molecular complexity index is 857. The van der Waals surface area contributed by atoms with Crippen molar-refractivity contribution in [3.8, 4) is 0 Å². The van der Waals surface area contributed by atoms with Gasteiger partial charge in [0.1, 0.15) is 0 Å². The second kappa shape index (κ2) is 7.25. The zero-order valence-corrected chi connectivity index (χ0v) is 16.3. The predicted molar refractivity (Wildman–Crippen MR) is 112 cm³/mol. The van der Waals surface area contributed by atoms with Crippen LogP contribution in [0.5, 0.6) is 0 Å². The van der Waals surface area contributed by atoms with Gasteiger partial charge in [0, 0.05) is 17.9 Å². The molecular formula is C24H28N2O2. The lowest BCUT2D eigenvalue weighted by Gasteiger charge is -2.37. The van der Waals surface area contributed by atoms with Crippen LogP contribution in [0.15, 0.2) is 48.5 Å². The smallest absolute Gasteiger partial charge is 0.231 e. The molecule has 1 amide bonds. The van der Waals surface area contributed by atoms with E-state index in [9.17, 15) is 4.79 Å². The molecule has 2 aromatic rings. The molecule has 1 unspecified atom stereocenters. The standard InChI is InChI=1S/C24H28N2O2/c27-23(26-14-3-6-19-5-1-2-7-22(19)26)15-18-8-10-20(11-9-18)25-21-16-24(28-17-21)12-4-13-24/h1-2,5,7-11,21,25H,3-4,6,12-17H2. The van der Waals surface area contributed by atoms with Crippen LogP contribution in [0, 0.1) is 0 Å². The van der Waals surface area contributed by atoms with Crippen molar-refractivity contribution < 1.29 is 9.53 Å². The Morgan fingerprint density at radius 1 is 1.11 bits per heavy atom. The Hall–Kier alpha value is -2.33. The van der Waals surface area contributed by atoms with E-state index in [-0.39, 0.29) is 11.5 Å². The first-order chi connectivity index (χ1) is 13.7. The van der Waals surface area contributed by atoms with Gasteiger partial charge < -0.3 is 15.0 Å². The predicted octanol–water partition coefficient (Wildman–Crippen LogP) is 4.33. The van der Waals surface area contributed by atoms with Crippen LogP contribution in [0.25, 0.3) is 0 Å². The second-order valence-electron chi connectivity index (χ2n) is 8.54. The van der Waals surface area contributed by atoms with Gasteiger partial charge in [0.05, 0.1) is 24.7 Å². The summed E-state index contributed by atoms with van der Waals surface area (Å²) < 4.78 is 6.02. The lowest BCUT2D eigenvalue weighted by Crippen LogP contribution is -2.36. The fourth-order valence-electron chi connectivity index (χ4n) is 4.87. The van der Waals surface area contributed by atoms with Crippen LogP contribution in [0.3, 0.4) is 0 Å². The van der Waals surface area contributed by atoms with E-state index in [2.05, 4.69) is 47.8 Å². The van der Waals surface area contributed by atoms with Crippen molar-refractivity contribution in [3.63, 3.8) is 0 Å². The van der Waals surface area contributed by atoms with Crippen LogP contribution in [0.4, 0.5) is 11.4 Å². The summed E-state index contributed by atoms with van der Waals surface area (Å²) >= 11 is 0. The average Bonchev–Trinajstić information content (AvgIpc) is 3.14. The fraction of sp³-hybridized carbons (Fsp3) is 0.458. The van der Waals surface area contributed by atoms with Gasteiger partial charge in [-0.3, -0.25) is 4.79 Å². The molecular weight excluding hydrogens is 348 g/mol. The maximum atomic E-state index is 12.9. The van der Waals surface area contributed by atoms with Gasteiger partial charge >= 0.3 is 0 Å². The fourth-order valence-corrected chi connectivity index (χ4v) is 4.87. The molecule has 1 spiro atoms. The highest BCUT2D eigenvalue weighted by atomic mass is 16.5. The van der Waals surface area contributed by atoms with Gasteiger partial charge in [-0.15, -0.1) is 0 Å². The summed E-state index contributed by atoms with van der Waals surface area (Å²) in [6, 6.07) is 17.0. The number of nitrogens with zero attached hydrogens (tertiary/aromatic N) is 1. The number of para-hydroxylation sites is 1. The van der Waals surface area contributed by atoms with Gasteiger partial charge in [-0.2, -0.15) is 0 Å². The molecule has 0 bridgehead atoms. The number of aryl methyl sites for hydroxylation is 1. The minimum atomic E-state index is 0.175. The molecule has 4 nitrogen and oxygen atoms in total. The summed E-state index contributed by atoms with van der Waals surface area (Å²) in [5.74, 6) is 0.184. The summed E-state index contributed by atoms with van der Waals surface area (Å²) in [5, 5.41) is 3.60. The number of anilines is 2. The van der Waals surface area contributed by atoms with Crippen LogP contribution in [-0.4, -0.2) is 30.7 Å². The minimum absolute atomic E-state index is 0.175. The van der Waals surface area contributed by atoms with E-state index >= 15 is 0 Å².